The summed E-state index contributed by atoms with van der Waals surface area (Å²) >= 11 is 0. The van der Waals surface area contributed by atoms with E-state index in [2.05, 4.69) is 53.4 Å². The van der Waals surface area contributed by atoms with Crippen molar-refractivity contribution in [1.29, 1.82) is 0 Å². The molecule has 21 heavy (non-hydrogen) atoms. The predicted molar refractivity (Wildman–Crippen MR) is 86.7 cm³/mol. The minimum Gasteiger partial charge on any atom is -0.497 e. The van der Waals surface area contributed by atoms with Crippen molar-refractivity contribution in [2.75, 3.05) is 20.2 Å². The SMILES string of the molecule is COc1cccc(C2CCN(Cc3ccccc3)CC2)c1. The predicted octanol–water partition coefficient (Wildman–Crippen LogP) is 4.07. The molecule has 0 N–H and O–H groups in total. The second kappa shape index (κ2) is 6.77. The van der Waals surface area contributed by atoms with Gasteiger partial charge in [0.05, 0.1) is 7.11 Å². The highest BCUT2D eigenvalue weighted by Gasteiger charge is 2.20. The molecule has 0 bridgehead atoms. The zero-order valence-corrected chi connectivity index (χ0v) is 12.7. The van der Waals surface area contributed by atoms with Crippen molar-refractivity contribution in [2.45, 2.75) is 25.3 Å². The maximum atomic E-state index is 5.34. The van der Waals surface area contributed by atoms with E-state index in [1.807, 2.05) is 6.07 Å². The monoisotopic (exact) mass is 281 g/mol. The van der Waals surface area contributed by atoms with E-state index in [1.54, 1.807) is 7.11 Å². The van der Waals surface area contributed by atoms with Gasteiger partial charge in [-0.3, -0.25) is 4.90 Å². The van der Waals surface area contributed by atoms with Crippen LogP contribution in [0.4, 0.5) is 0 Å². The smallest absolute Gasteiger partial charge is 0.119 e. The van der Waals surface area contributed by atoms with E-state index in [-0.39, 0.29) is 0 Å². The van der Waals surface area contributed by atoms with Crippen LogP contribution in [0.2, 0.25) is 0 Å². The van der Waals surface area contributed by atoms with Crippen LogP contribution in [-0.2, 0) is 6.54 Å². The molecule has 2 aromatic carbocycles. The van der Waals surface area contributed by atoms with Crippen LogP contribution < -0.4 is 4.74 Å². The maximum absolute atomic E-state index is 5.34. The lowest BCUT2D eigenvalue weighted by Gasteiger charge is -2.32. The molecule has 3 rings (SSSR count). The third-order valence-electron chi connectivity index (χ3n) is 4.40. The number of likely N-dealkylation sites (tertiary alicyclic amines) is 1. The second-order valence-corrected chi connectivity index (χ2v) is 5.81. The third kappa shape index (κ3) is 3.64. The number of hydrogen-bond acceptors (Lipinski definition) is 2. The Kier molecular flexibility index (Phi) is 4.56. The summed E-state index contributed by atoms with van der Waals surface area (Å²) in [6.45, 7) is 3.43. The lowest BCUT2D eigenvalue weighted by atomic mass is 9.89. The van der Waals surface area contributed by atoms with Crippen LogP contribution in [0.25, 0.3) is 0 Å². The summed E-state index contributed by atoms with van der Waals surface area (Å²) in [6, 6.07) is 19.3. The molecule has 1 fully saturated rings. The first kappa shape index (κ1) is 14.2. The maximum Gasteiger partial charge on any atom is 0.119 e. The summed E-state index contributed by atoms with van der Waals surface area (Å²) in [4.78, 5) is 2.56. The summed E-state index contributed by atoms with van der Waals surface area (Å²) in [5, 5.41) is 0. The highest BCUT2D eigenvalue weighted by molar-refractivity contribution is 5.31. The fraction of sp³-hybridized carbons (Fsp3) is 0.368. The van der Waals surface area contributed by atoms with Crippen LogP contribution in [0.3, 0.4) is 0 Å². The van der Waals surface area contributed by atoms with Gasteiger partial charge in [-0.05, 0) is 55.1 Å². The van der Waals surface area contributed by atoms with Crippen LogP contribution in [0.1, 0.15) is 29.9 Å². The lowest BCUT2D eigenvalue weighted by molar-refractivity contribution is 0.204. The van der Waals surface area contributed by atoms with Crippen molar-refractivity contribution in [2.24, 2.45) is 0 Å². The molecule has 0 spiro atoms. The summed E-state index contributed by atoms with van der Waals surface area (Å²) in [7, 11) is 1.74. The fourth-order valence-corrected chi connectivity index (χ4v) is 3.16. The van der Waals surface area contributed by atoms with Crippen LogP contribution >= 0.6 is 0 Å². The normalized spacial score (nSPS) is 16.8. The van der Waals surface area contributed by atoms with Gasteiger partial charge in [0.1, 0.15) is 5.75 Å². The van der Waals surface area contributed by atoms with E-state index < -0.39 is 0 Å². The number of ether oxygens (including phenoxy) is 1. The largest absolute Gasteiger partial charge is 0.497 e. The third-order valence-corrected chi connectivity index (χ3v) is 4.40. The Hall–Kier alpha value is -1.80. The molecule has 0 atom stereocenters. The van der Waals surface area contributed by atoms with Crippen LogP contribution in [0.5, 0.6) is 5.75 Å². The van der Waals surface area contributed by atoms with E-state index in [0.717, 1.165) is 12.3 Å². The van der Waals surface area contributed by atoms with Crippen molar-refractivity contribution in [3.8, 4) is 5.75 Å². The molecule has 2 heteroatoms. The Morgan fingerprint density at radius 3 is 2.48 bits per heavy atom. The van der Waals surface area contributed by atoms with Gasteiger partial charge in [-0.2, -0.15) is 0 Å². The Morgan fingerprint density at radius 1 is 1.00 bits per heavy atom. The topological polar surface area (TPSA) is 12.5 Å². The quantitative estimate of drug-likeness (QED) is 0.837. The number of methoxy groups -OCH3 is 1. The van der Waals surface area contributed by atoms with Gasteiger partial charge < -0.3 is 4.74 Å². The van der Waals surface area contributed by atoms with Crippen molar-refractivity contribution in [3.63, 3.8) is 0 Å². The summed E-state index contributed by atoms with van der Waals surface area (Å²) < 4.78 is 5.34. The first-order chi connectivity index (χ1) is 10.3. The highest BCUT2D eigenvalue weighted by atomic mass is 16.5. The summed E-state index contributed by atoms with van der Waals surface area (Å²) in [5.41, 5.74) is 2.84. The minimum atomic E-state index is 0.673. The van der Waals surface area contributed by atoms with Crippen LogP contribution in [0, 0.1) is 0 Å². The molecule has 0 radical (unpaired) electrons. The molecule has 0 amide bonds. The summed E-state index contributed by atoms with van der Waals surface area (Å²) in [5.74, 6) is 1.64. The van der Waals surface area contributed by atoms with Gasteiger partial charge in [0, 0.05) is 6.54 Å². The molecular weight excluding hydrogens is 258 g/mol. The molecule has 0 unspecified atom stereocenters. The Bertz CT molecular complexity index is 559. The van der Waals surface area contributed by atoms with Crippen LogP contribution in [-0.4, -0.2) is 25.1 Å². The van der Waals surface area contributed by atoms with Crippen LogP contribution in [0.15, 0.2) is 54.6 Å². The van der Waals surface area contributed by atoms with Crippen molar-refractivity contribution < 1.29 is 4.74 Å². The van der Waals surface area contributed by atoms with E-state index in [1.165, 1.54) is 37.1 Å². The minimum absolute atomic E-state index is 0.673. The van der Waals surface area contributed by atoms with E-state index in [4.69, 9.17) is 4.74 Å². The molecule has 1 heterocycles. The molecule has 2 aromatic rings. The molecule has 0 aromatic heterocycles. The average molecular weight is 281 g/mol. The second-order valence-electron chi connectivity index (χ2n) is 5.81. The van der Waals surface area contributed by atoms with Gasteiger partial charge in [0.2, 0.25) is 0 Å². The van der Waals surface area contributed by atoms with Gasteiger partial charge >= 0.3 is 0 Å². The molecule has 110 valence electrons. The van der Waals surface area contributed by atoms with Crippen molar-refractivity contribution in [3.05, 3.63) is 65.7 Å². The van der Waals surface area contributed by atoms with Gasteiger partial charge in [-0.25, -0.2) is 0 Å². The first-order valence-corrected chi connectivity index (χ1v) is 7.75. The molecule has 1 aliphatic heterocycles. The van der Waals surface area contributed by atoms with Gasteiger partial charge in [-0.1, -0.05) is 42.5 Å². The van der Waals surface area contributed by atoms with E-state index in [0.29, 0.717) is 5.92 Å². The number of piperidine rings is 1. The number of hydrogen-bond donors (Lipinski definition) is 0. The fourth-order valence-electron chi connectivity index (χ4n) is 3.16. The van der Waals surface area contributed by atoms with E-state index in [9.17, 15) is 0 Å². The van der Waals surface area contributed by atoms with Gasteiger partial charge in [-0.15, -0.1) is 0 Å². The molecule has 0 saturated carbocycles. The molecule has 1 aliphatic rings. The molecule has 0 aliphatic carbocycles. The van der Waals surface area contributed by atoms with Crippen molar-refractivity contribution >= 4 is 0 Å². The Morgan fingerprint density at radius 2 is 1.76 bits per heavy atom. The molecule has 2 nitrogen and oxygen atoms in total. The zero-order chi connectivity index (χ0) is 14.5. The standard InChI is InChI=1S/C19H23NO/c1-21-19-9-5-8-18(14-19)17-10-12-20(13-11-17)15-16-6-3-2-4-7-16/h2-9,14,17H,10-13,15H2,1H3. The Balaban J connectivity index is 1.57. The van der Waals surface area contributed by atoms with Gasteiger partial charge in [0.15, 0.2) is 0 Å². The highest BCUT2D eigenvalue weighted by Crippen LogP contribution is 2.30. The van der Waals surface area contributed by atoms with E-state index >= 15 is 0 Å². The lowest BCUT2D eigenvalue weighted by Crippen LogP contribution is -2.32. The van der Waals surface area contributed by atoms with Gasteiger partial charge in [0.25, 0.3) is 0 Å². The summed E-state index contributed by atoms with van der Waals surface area (Å²) in [6.07, 6.45) is 2.47. The Labute approximate surface area is 127 Å². The number of nitrogens with zero attached hydrogens (tertiary/aromatic N) is 1. The van der Waals surface area contributed by atoms with Crippen molar-refractivity contribution in [1.82, 2.24) is 4.90 Å². The molecular formula is C19H23NO. The zero-order valence-electron chi connectivity index (χ0n) is 12.7. The first-order valence-electron chi connectivity index (χ1n) is 7.75. The molecule has 1 saturated heterocycles. The average Bonchev–Trinajstić information content (AvgIpc) is 2.56. The number of benzene rings is 2. The number of rotatable bonds is 4.